The fourth-order valence-corrected chi connectivity index (χ4v) is 3.21. The molecule has 0 spiro atoms. The first-order valence-electron chi connectivity index (χ1n) is 8.16. The van der Waals surface area contributed by atoms with E-state index in [9.17, 15) is 4.79 Å². The second-order valence-electron chi connectivity index (χ2n) is 6.08. The van der Waals surface area contributed by atoms with Crippen molar-refractivity contribution in [2.24, 2.45) is 0 Å². The molecule has 0 atom stereocenters. The Morgan fingerprint density at radius 3 is 2.62 bits per heavy atom. The van der Waals surface area contributed by atoms with Crippen LogP contribution in [0.3, 0.4) is 0 Å². The lowest BCUT2D eigenvalue weighted by atomic mass is 10.1. The number of piperazine rings is 1. The molecule has 0 bridgehead atoms. The molecule has 1 saturated heterocycles. The van der Waals surface area contributed by atoms with Gasteiger partial charge in [0.2, 0.25) is 0 Å². The molecule has 1 aliphatic rings. The van der Waals surface area contributed by atoms with E-state index in [-0.39, 0.29) is 5.91 Å². The largest absolute Gasteiger partial charge is 0.459 e. The van der Waals surface area contributed by atoms with Gasteiger partial charge in [0.25, 0.3) is 5.91 Å². The Kier molecular flexibility index (Phi) is 3.69. The summed E-state index contributed by atoms with van der Waals surface area (Å²) in [7, 11) is 0. The fourth-order valence-electron chi connectivity index (χ4n) is 3.21. The van der Waals surface area contributed by atoms with Crippen molar-refractivity contribution in [3.8, 4) is 0 Å². The van der Waals surface area contributed by atoms with E-state index in [1.54, 1.807) is 12.1 Å². The highest BCUT2D eigenvalue weighted by Crippen LogP contribution is 2.24. The Morgan fingerprint density at radius 2 is 1.88 bits per heavy atom. The van der Waals surface area contributed by atoms with E-state index in [1.165, 1.54) is 11.8 Å². The molecular weight excluding hydrogens is 302 g/mol. The number of aryl methyl sites for hydroxylation is 1. The summed E-state index contributed by atoms with van der Waals surface area (Å²) in [6.45, 7) is 4.99. The van der Waals surface area contributed by atoms with Crippen LogP contribution in [0.25, 0.3) is 10.9 Å². The predicted molar refractivity (Wildman–Crippen MR) is 93.3 cm³/mol. The van der Waals surface area contributed by atoms with Crippen molar-refractivity contribution in [1.29, 1.82) is 0 Å². The lowest BCUT2D eigenvalue weighted by Crippen LogP contribution is -2.49. The third-order valence-corrected chi connectivity index (χ3v) is 4.49. The maximum absolute atomic E-state index is 12.3. The van der Waals surface area contributed by atoms with Gasteiger partial charge in [0.15, 0.2) is 5.76 Å². The van der Waals surface area contributed by atoms with Crippen LogP contribution in [0.5, 0.6) is 0 Å². The molecule has 0 unspecified atom stereocenters. The fraction of sp³-hybridized carbons (Fsp3) is 0.263. The maximum Gasteiger partial charge on any atom is 0.289 e. The molecule has 0 N–H and O–H groups in total. The average molecular weight is 321 g/mol. The minimum Gasteiger partial charge on any atom is -0.459 e. The molecule has 0 saturated carbocycles. The summed E-state index contributed by atoms with van der Waals surface area (Å²) in [6, 6.07) is 13.8. The Balaban J connectivity index is 1.51. The van der Waals surface area contributed by atoms with E-state index < -0.39 is 0 Å². The molecule has 5 nitrogen and oxygen atoms in total. The third kappa shape index (κ3) is 2.62. The van der Waals surface area contributed by atoms with E-state index in [0.29, 0.717) is 18.8 Å². The van der Waals surface area contributed by atoms with Gasteiger partial charge in [-0.2, -0.15) is 0 Å². The minimum atomic E-state index is -0.0390. The summed E-state index contributed by atoms with van der Waals surface area (Å²) in [6.07, 6.45) is 1.53. The molecule has 1 amide bonds. The van der Waals surface area contributed by atoms with Crippen LogP contribution in [0.1, 0.15) is 16.1 Å². The molecule has 2 aromatic heterocycles. The molecular formula is C19H19N3O2. The lowest BCUT2D eigenvalue weighted by Gasteiger charge is -2.35. The monoisotopic (exact) mass is 321 g/mol. The van der Waals surface area contributed by atoms with Crippen LogP contribution in [0.4, 0.5) is 5.82 Å². The highest BCUT2D eigenvalue weighted by Gasteiger charge is 2.25. The number of rotatable bonds is 2. The number of hydrogen-bond donors (Lipinski definition) is 0. The predicted octanol–water partition coefficient (Wildman–Crippen LogP) is 3.10. The van der Waals surface area contributed by atoms with Crippen molar-refractivity contribution in [3.63, 3.8) is 0 Å². The third-order valence-electron chi connectivity index (χ3n) is 4.49. The number of pyridine rings is 1. The number of para-hydroxylation sites is 1. The number of furan rings is 1. The number of benzene rings is 1. The van der Waals surface area contributed by atoms with Gasteiger partial charge >= 0.3 is 0 Å². The molecule has 3 heterocycles. The van der Waals surface area contributed by atoms with Crippen molar-refractivity contribution < 1.29 is 9.21 Å². The van der Waals surface area contributed by atoms with Crippen LogP contribution in [0, 0.1) is 6.92 Å². The zero-order valence-corrected chi connectivity index (χ0v) is 13.6. The Bertz CT molecular complexity index is 865. The van der Waals surface area contributed by atoms with Crippen LogP contribution in [0.15, 0.2) is 53.1 Å². The van der Waals surface area contributed by atoms with Crippen LogP contribution in [0.2, 0.25) is 0 Å². The van der Waals surface area contributed by atoms with Crippen molar-refractivity contribution in [2.75, 3.05) is 31.1 Å². The summed E-state index contributed by atoms with van der Waals surface area (Å²) in [5.41, 5.74) is 2.17. The quantitative estimate of drug-likeness (QED) is 0.728. The number of nitrogens with zero attached hydrogens (tertiary/aromatic N) is 3. The molecule has 3 aromatic rings. The van der Waals surface area contributed by atoms with Crippen LogP contribution >= 0.6 is 0 Å². The number of anilines is 1. The Labute approximate surface area is 140 Å². The van der Waals surface area contributed by atoms with Gasteiger partial charge in [-0.1, -0.05) is 18.2 Å². The van der Waals surface area contributed by atoms with Crippen LogP contribution < -0.4 is 4.90 Å². The average Bonchev–Trinajstić information content (AvgIpc) is 3.15. The van der Waals surface area contributed by atoms with Crippen molar-refractivity contribution >= 4 is 22.6 Å². The number of aromatic nitrogens is 1. The van der Waals surface area contributed by atoms with E-state index in [2.05, 4.69) is 24.0 Å². The zero-order valence-electron chi connectivity index (χ0n) is 13.6. The second kappa shape index (κ2) is 6.00. The second-order valence-corrected chi connectivity index (χ2v) is 6.08. The maximum atomic E-state index is 12.3. The Hall–Kier alpha value is -2.82. The van der Waals surface area contributed by atoms with Crippen molar-refractivity contribution in [1.82, 2.24) is 9.88 Å². The summed E-state index contributed by atoms with van der Waals surface area (Å²) in [4.78, 5) is 21.3. The van der Waals surface area contributed by atoms with E-state index in [0.717, 1.165) is 29.8 Å². The van der Waals surface area contributed by atoms with Gasteiger partial charge < -0.3 is 14.2 Å². The first kappa shape index (κ1) is 14.8. The highest BCUT2D eigenvalue weighted by molar-refractivity contribution is 5.91. The number of carbonyl (C=O) groups excluding carboxylic acids is 1. The molecule has 0 aliphatic carbocycles. The van der Waals surface area contributed by atoms with Crippen LogP contribution in [-0.2, 0) is 0 Å². The molecule has 1 aromatic carbocycles. The molecule has 122 valence electrons. The van der Waals surface area contributed by atoms with Gasteiger partial charge in [-0.25, -0.2) is 4.98 Å². The zero-order chi connectivity index (χ0) is 16.5. The number of amides is 1. The topological polar surface area (TPSA) is 49.6 Å². The smallest absolute Gasteiger partial charge is 0.289 e. The number of carbonyl (C=O) groups is 1. The molecule has 5 heteroatoms. The van der Waals surface area contributed by atoms with E-state index >= 15 is 0 Å². The number of fused-ring (bicyclic) bond motifs is 1. The summed E-state index contributed by atoms with van der Waals surface area (Å²) in [5.74, 6) is 1.38. The van der Waals surface area contributed by atoms with E-state index in [4.69, 9.17) is 9.40 Å². The van der Waals surface area contributed by atoms with Gasteiger partial charge in [0.1, 0.15) is 5.82 Å². The normalized spacial score (nSPS) is 15.0. The molecule has 1 fully saturated rings. The summed E-state index contributed by atoms with van der Waals surface area (Å²) < 4.78 is 5.21. The summed E-state index contributed by atoms with van der Waals surface area (Å²) in [5, 5.41) is 1.16. The highest BCUT2D eigenvalue weighted by atomic mass is 16.3. The molecule has 0 radical (unpaired) electrons. The first-order chi connectivity index (χ1) is 11.7. The molecule has 4 rings (SSSR count). The van der Waals surface area contributed by atoms with E-state index in [1.807, 2.05) is 23.1 Å². The van der Waals surface area contributed by atoms with Gasteiger partial charge in [0.05, 0.1) is 11.8 Å². The first-order valence-corrected chi connectivity index (χ1v) is 8.16. The molecule has 1 aliphatic heterocycles. The SMILES string of the molecule is Cc1cc2ccccc2nc1N1CCN(C(=O)c2ccco2)CC1. The van der Waals surface area contributed by atoms with Gasteiger partial charge in [0, 0.05) is 31.6 Å². The van der Waals surface area contributed by atoms with Crippen LogP contribution in [-0.4, -0.2) is 42.0 Å². The van der Waals surface area contributed by atoms with Gasteiger partial charge in [-0.3, -0.25) is 4.79 Å². The minimum absolute atomic E-state index is 0.0390. The van der Waals surface area contributed by atoms with Crippen molar-refractivity contribution in [3.05, 3.63) is 60.1 Å². The Morgan fingerprint density at radius 1 is 1.08 bits per heavy atom. The van der Waals surface area contributed by atoms with Crippen molar-refractivity contribution in [2.45, 2.75) is 6.92 Å². The summed E-state index contributed by atoms with van der Waals surface area (Å²) >= 11 is 0. The van der Waals surface area contributed by atoms with Gasteiger partial charge in [-0.05, 0) is 36.8 Å². The standard InChI is InChI=1S/C19H19N3O2/c1-14-13-15-5-2-3-6-16(15)20-18(14)21-8-10-22(11-9-21)19(23)17-7-4-12-24-17/h2-7,12-13H,8-11H2,1H3. The number of hydrogen-bond acceptors (Lipinski definition) is 4. The lowest BCUT2D eigenvalue weighted by molar-refractivity contribution is 0.0714. The molecule has 24 heavy (non-hydrogen) atoms. The van der Waals surface area contributed by atoms with Gasteiger partial charge in [-0.15, -0.1) is 0 Å².